The van der Waals surface area contributed by atoms with Crippen LogP contribution in [0.1, 0.15) is 33.7 Å². The zero-order valence-corrected chi connectivity index (χ0v) is 17.4. The van der Waals surface area contributed by atoms with Gasteiger partial charge in [-0.25, -0.2) is 21.6 Å². The van der Waals surface area contributed by atoms with E-state index in [1.807, 2.05) is 0 Å². The Labute approximate surface area is 179 Å². The number of aromatic nitrogens is 2. The highest BCUT2D eigenvalue weighted by molar-refractivity contribution is 7.89. The molecule has 1 N–H and O–H groups in total. The first-order chi connectivity index (χ1) is 14.8. The van der Waals surface area contributed by atoms with E-state index < -0.39 is 39.4 Å². The second-order valence-electron chi connectivity index (χ2n) is 6.76. The molecule has 1 aliphatic rings. The van der Waals surface area contributed by atoms with E-state index in [-0.39, 0.29) is 16.4 Å². The number of halogens is 3. The van der Waals surface area contributed by atoms with Gasteiger partial charge in [0.2, 0.25) is 15.0 Å². The van der Waals surface area contributed by atoms with Crippen LogP contribution < -0.4 is 5.32 Å². The Hall–Kier alpha value is -2.83. The van der Waals surface area contributed by atoms with E-state index in [0.717, 1.165) is 27.8 Å². The number of anilines is 1. The van der Waals surface area contributed by atoms with Crippen molar-refractivity contribution in [3.05, 3.63) is 69.9 Å². The smallest absolute Gasteiger partial charge is 0.286 e. The normalized spacial score (nSPS) is 17.1. The van der Waals surface area contributed by atoms with Crippen LogP contribution in [0, 0.1) is 17.5 Å². The number of nitrogens with one attached hydrogen (secondary N) is 1. The van der Waals surface area contributed by atoms with Crippen LogP contribution in [0.3, 0.4) is 0 Å². The topological polar surface area (TPSA) is 92.3 Å². The predicted octanol–water partition coefficient (Wildman–Crippen LogP) is 3.73. The summed E-state index contributed by atoms with van der Waals surface area (Å²) in [5.74, 6) is -3.41. The first-order valence-electron chi connectivity index (χ1n) is 9.13. The molecule has 1 aromatic heterocycles. The van der Waals surface area contributed by atoms with Crippen LogP contribution >= 0.6 is 11.3 Å². The lowest BCUT2D eigenvalue weighted by atomic mass is 10.2. The first kappa shape index (κ1) is 21.4. The third kappa shape index (κ3) is 4.31. The average Bonchev–Trinajstić information content (AvgIpc) is 3.41. The van der Waals surface area contributed by atoms with Crippen LogP contribution in [0.5, 0.6) is 0 Å². The van der Waals surface area contributed by atoms with Crippen molar-refractivity contribution in [2.75, 3.05) is 11.9 Å². The van der Waals surface area contributed by atoms with Crippen molar-refractivity contribution in [1.82, 2.24) is 14.5 Å². The van der Waals surface area contributed by atoms with Crippen molar-refractivity contribution >= 4 is 33.0 Å². The molecule has 2 heterocycles. The van der Waals surface area contributed by atoms with Crippen LogP contribution in [0.2, 0.25) is 0 Å². The number of sulfonamides is 1. The first-order valence-corrected chi connectivity index (χ1v) is 11.4. The van der Waals surface area contributed by atoms with E-state index >= 15 is 0 Å². The lowest BCUT2D eigenvalue weighted by Gasteiger charge is -2.22. The summed E-state index contributed by atoms with van der Waals surface area (Å²) in [5, 5.41) is 10.7. The van der Waals surface area contributed by atoms with Crippen molar-refractivity contribution in [2.45, 2.75) is 23.8 Å². The molecule has 162 valence electrons. The Balaban J connectivity index is 1.55. The number of carbonyl (C=O) groups excluding carboxylic acids is 1. The van der Waals surface area contributed by atoms with E-state index in [9.17, 15) is 26.4 Å². The third-order valence-corrected chi connectivity index (χ3v) is 7.65. The number of nitrogens with zero attached hydrogens (tertiary/aromatic N) is 3. The highest BCUT2D eigenvalue weighted by Gasteiger charge is 2.38. The van der Waals surface area contributed by atoms with Gasteiger partial charge in [-0.05, 0) is 55.3 Å². The Morgan fingerprint density at radius 2 is 1.81 bits per heavy atom. The van der Waals surface area contributed by atoms with Gasteiger partial charge in [-0.15, -0.1) is 10.2 Å². The molecule has 7 nitrogen and oxygen atoms in total. The second-order valence-corrected chi connectivity index (χ2v) is 9.66. The maximum atomic E-state index is 13.6. The van der Waals surface area contributed by atoms with Crippen molar-refractivity contribution in [2.24, 2.45) is 0 Å². The minimum Gasteiger partial charge on any atom is -0.320 e. The molecule has 0 radical (unpaired) electrons. The number of amides is 1. The Bertz CT molecular complexity index is 1230. The summed E-state index contributed by atoms with van der Waals surface area (Å²) in [6.07, 6.45) is 0.974. The van der Waals surface area contributed by atoms with E-state index in [2.05, 4.69) is 15.5 Å². The molecule has 0 saturated carbocycles. The summed E-state index contributed by atoms with van der Waals surface area (Å²) in [5.41, 5.74) is 0.367. The molecular weight excluding hydrogens is 453 g/mol. The molecule has 4 rings (SSSR count). The van der Waals surface area contributed by atoms with Crippen molar-refractivity contribution in [3.8, 4) is 0 Å². The molecular formula is C19H15F3N4O3S2. The fourth-order valence-electron chi connectivity index (χ4n) is 3.23. The molecule has 1 aliphatic heterocycles. The number of hydrogen-bond donors (Lipinski definition) is 1. The van der Waals surface area contributed by atoms with Crippen molar-refractivity contribution in [3.63, 3.8) is 0 Å². The standard InChI is InChI=1S/C19H15F3N4O3S2/c20-11-3-5-12(6-4-11)23-17(27)19-25-24-18(30-19)16-2-1-9-26(16)31(28,29)13-7-8-14(21)15(22)10-13/h3-8,10,16H,1-2,9H2,(H,23,27)/t16-/m0/s1. The van der Waals surface area contributed by atoms with Crippen LogP contribution in [-0.4, -0.2) is 35.4 Å². The number of rotatable bonds is 5. The van der Waals surface area contributed by atoms with E-state index in [1.54, 1.807) is 0 Å². The van der Waals surface area contributed by atoms with Crippen LogP contribution in [0.4, 0.5) is 18.9 Å². The van der Waals surface area contributed by atoms with Crippen molar-refractivity contribution in [1.29, 1.82) is 0 Å². The molecule has 0 aliphatic carbocycles. The summed E-state index contributed by atoms with van der Waals surface area (Å²) >= 11 is 0.933. The molecule has 31 heavy (non-hydrogen) atoms. The molecule has 1 atom stereocenters. The molecule has 2 aromatic carbocycles. The van der Waals surface area contributed by atoms with Gasteiger partial charge >= 0.3 is 0 Å². The SMILES string of the molecule is O=C(Nc1ccc(F)cc1)c1nnc([C@@H]2CCCN2S(=O)(=O)c2ccc(F)c(F)c2)s1. The fourth-order valence-corrected chi connectivity index (χ4v) is 5.85. The van der Waals surface area contributed by atoms with Crippen LogP contribution in [0.25, 0.3) is 0 Å². The Morgan fingerprint density at radius 3 is 2.52 bits per heavy atom. The van der Waals surface area contributed by atoms with Gasteiger partial charge < -0.3 is 5.32 Å². The quantitative estimate of drug-likeness (QED) is 0.616. The molecule has 1 amide bonds. The van der Waals surface area contributed by atoms with Gasteiger partial charge in [-0.1, -0.05) is 11.3 Å². The second kappa shape index (κ2) is 8.36. The van der Waals surface area contributed by atoms with Gasteiger partial charge in [0.25, 0.3) is 5.91 Å². The molecule has 0 spiro atoms. The van der Waals surface area contributed by atoms with Gasteiger partial charge in [-0.2, -0.15) is 4.31 Å². The third-order valence-electron chi connectivity index (χ3n) is 4.72. The highest BCUT2D eigenvalue weighted by atomic mass is 32.2. The molecule has 0 unspecified atom stereocenters. The molecule has 12 heteroatoms. The lowest BCUT2D eigenvalue weighted by molar-refractivity contribution is 0.102. The number of hydrogen-bond acceptors (Lipinski definition) is 6. The number of carbonyl (C=O) groups is 1. The molecule has 1 saturated heterocycles. The van der Waals surface area contributed by atoms with Gasteiger partial charge in [0.05, 0.1) is 10.9 Å². The predicted molar refractivity (Wildman–Crippen MR) is 106 cm³/mol. The summed E-state index contributed by atoms with van der Waals surface area (Å²) in [6, 6.07) is 6.90. The molecule has 0 bridgehead atoms. The Morgan fingerprint density at radius 1 is 1.06 bits per heavy atom. The minimum atomic E-state index is -4.11. The average molecular weight is 468 g/mol. The van der Waals surface area contributed by atoms with Crippen molar-refractivity contribution < 1.29 is 26.4 Å². The van der Waals surface area contributed by atoms with E-state index in [4.69, 9.17) is 0 Å². The zero-order valence-electron chi connectivity index (χ0n) is 15.8. The monoisotopic (exact) mass is 468 g/mol. The van der Waals surface area contributed by atoms with Crippen LogP contribution in [0.15, 0.2) is 47.4 Å². The maximum Gasteiger partial charge on any atom is 0.286 e. The summed E-state index contributed by atoms with van der Waals surface area (Å²) < 4.78 is 66.9. The maximum absolute atomic E-state index is 13.6. The summed E-state index contributed by atoms with van der Waals surface area (Å²) in [6.45, 7) is 0.169. The highest BCUT2D eigenvalue weighted by Crippen LogP contribution is 2.38. The Kier molecular flexibility index (Phi) is 5.77. The largest absolute Gasteiger partial charge is 0.320 e. The molecule has 3 aromatic rings. The fraction of sp³-hybridized carbons (Fsp3) is 0.211. The van der Waals surface area contributed by atoms with E-state index in [1.165, 1.54) is 24.3 Å². The van der Waals surface area contributed by atoms with E-state index in [0.29, 0.717) is 29.6 Å². The zero-order chi connectivity index (χ0) is 22.2. The van der Waals surface area contributed by atoms with Gasteiger partial charge in [0.15, 0.2) is 11.6 Å². The lowest BCUT2D eigenvalue weighted by Crippen LogP contribution is -2.30. The molecule has 1 fully saturated rings. The summed E-state index contributed by atoms with van der Waals surface area (Å²) in [7, 11) is -4.11. The van der Waals surface area contributed by atoms with Gasteiger partial charge in [-0.3, -0.25) is 4.79 Å². The minimum absolute atomic E-state index is 0.0106. The van der Waals surface area contributed by atoms with Crippen LogP contribution in [-0.2, 0) is 10.0 Å². The number of benzene rings is 2. The van der Waals surface area contributed by atoms with Gasteiger partial charge in [0.1, 0.15) is 10.8 Å². The summed E-state index contributed by atoms with van der Waals surface area (Å²) in [4.78, 5) is 12.0. The van der Waals surface area contributed by atoms with Gasteiger partial charge in [0, 0.05) is 12.2 Å².